The van der Waals surface area contributed by atoms with Crippen molar-refractivity contribution in [2.75, 3.05) is 18.0 Å². The molecule has 1 nitrogen and oxygen atoms in total. The molecule has 1 saturated heterocycles. The Kier molecular flexibility index (Phi) is 2.76. The molecule has 1 fully saturated rings. The molecule has 14 heavy (non-hydrogen) atoms. The molecule has 2 atom stereocenters. The first-order valence-corrected chi connectivity index (χ1v) is 5.61. The summed E-state index contributed by atoms with van der Waals surface area (Å²) in [5.41, 5.74) is 1.38. The third-order valence-electron chi connectivity index (χ3n) is 3.41. The highest BCUT2D eigenvalue weighted by atomic mass is 15.2. The van der Waals surface area contributed by atoms with Crippen molar-refractivity contribution in [3.05, 3.63) is 30.3 Å². The number of para-hydroxylation sites is 1. The maximum atomic E-state index is 2.51. The minimum absolute atomic E-state index is 0.847. The summed E-state index contributed by atoms with van der Waals surface area (Å²) in [6, 6.07) is 10.8. The second kappa shape index (κ2) is 4.04. The summed E-state index contributed by atoms with van der Waals surface area (Å²) in [7, 11) is 0. The van der Waals surface area contributed by atoms with Gasteiger partial charge in [-0.3, -0.25) is 0 Å². The minimum atomic E-state index is 0.847. The molecule has 76 valence electrons. The summed E-state index contributed by atoms with van der Waals surface area (Å²) >= 11 is 0. The van der Waals surface area contributed by atoms with E-state index in [1.807, 2.05) is 0 Å². The average Bonchev–Trinajstić information content (AvgIpc) is 2.61. The van der Waals surface area contributed by atoms with Crippen molar-refractivity contribution in [2.45, 2.75) is 20.3 Å². The van der Waals surface area contributed by atoms with Crippen LogP contribution in [0, 0.1) is 11.8 Å². The van der Waals surface area contributed by atoms with E-state index >= 15 is 0 Å². The number of rotatable bonds is 2. The van der Waals surface area contributed by atoms with Gasteiger partial charge in [0.25, 0.3) is 0 Å². The topological polar surface area (TPSA) is 3.24 Å². The summed E-state index contributed by atoms with van der Waals surface area (Å²) in [5.74, 6) is 1.73. The molecule has 0 spiro atoms. The Labute approximate surface area is 86.7 Å². The molecular formula is C13H19N. The van der Waals surface area contributed by atoms with E-state index in [9.17, 15) is 0 Å². The first-order chi connectivity index (χ1) is 6.81. The lowest BCUT2D eigenvalue weighted by Crippen LogP contribution is -2.19. The molecule has 0 amide bonds. The molecule has 1 aromatic rings. The number of hydrogen-bond acceptors (Lipinski definition) is 1. The van der Waals surface area contributed by atoms with Gasteiger partial charge in [0.15, 0.2) is 0 Å². The molecule has 1 aliphatic rings. The smallest absolute Gasteiger partial charge is 0.0366 e. The predicted molar refractivity (Wildman–Crippen MR) is 61.6 cm³/mol. The normalized spacial score (nSPS) is 26.9. The molecule has 2 unspecified atom stereocenters. The van der Waals surface area contributed by atoms with Crippen LogP contribution in [0.15, 0.2) is 30.3 Å². The zero-order chi connectivity index (χ0) is 9.97. The summed E-state index contributed by atoms with van der Waals surface area (Å²) in [4.78, 5) is 2.51. The van der Waals surface area contributed by atoms with Crippen molar-refractivity contribution >= 4 is 5.69 Å². The summed E-state index contributed by atoms with van der Waals surface area (Å²) in [5, 5.41) is 0. The van der Waals surface area contributed by atoms with Crippen LogP contribution in [0.1, 0.15) is 20.3 Å². The van der Waals surface area contributed by atoms with Crippen molar-refractivity contribution in [2.24, 2.45) is 11.8 Å². The van der Waals surface area contributed by atoms with Crippen LogP contribution in [0.25, 0.3) is 0 Å². The third kappa shape index (κ3) is 1.77. The lowest BCUT2D eigenvalue weighted by atomic mass is 9.96. The number of hydrogen-bond donors (Lipinski definition) is 0. The van der Waals surface area contributed by atoms with Gasteiger partial charge >= 0.3 is 0 Å². The van der Waals surface area contributed by atoms with Crippen LogP contribution in [0.2, 0.25) is 0 Å². The van der Waals surface area contributed by atoms with Crippen LogP contribution in [0.5, 0.6) is 0 Å². The number of nitrogens with zero attached hydrogens (tertiary/aromatic N) is 1. The predicted octanol–water partition coefficient (Wildman–Crippen LogP) is 3.17. The van der Waals surface area contributed by atoms with E-state index in [-0.39, 0.29) is 0 Å². The van der Waals surface area contributed by atoms with E-state index in [0.29, 0.717) is 0 Å². The Balaban J connectivity index is 2.09. The van der Waals surface area contributed by atoms with Gasteiger partial charge < -0.3 is 4.90 Å². The lowest BCUT2D eigenvalue weighted by molar-refractivity contribution is 0.440. The second-order valence-corrected chi connectivity index (χ2v) is 4.39. The van der Waals surface area contributed by atoms with Gasteiger partial charge in [-0.25, -0.2) is 0 Å². The molecule has 2 rings (SSSR count). The molecule has 0 saturated carbocycles. The summed E-state index contributed by atoms with van der Waals surface area (Å²) < 4.78 is 0. The fraction of sp³-hybridized carbons (Fsp3) is 0.538. The zero-order valence-electron chi connectivity index (χ0n) is 9.11. The van der Waals surface area contributed by atoms with Crippen LogP contribution in [-0.4, -0.2) is 13.1 Å². The van der Waals surface area contributed by atoms with Crippen molar-refractivity contribution < 1.29 is 0 Å². The van der Waals surface area contributed by atoms with Crippen molar-refractivity contribution in [1.82, 2.24) is 0 Å². The third-order valence-corrected chi connectivity index (χ3v) is 3.41. The van der Waals surface area contributed by atoms with Gasteiger partial charge in [-0.15, -0.1) is 0 Å². The summed E-state index contributed by atoms with van der Waals surface area (Å²) in [6.07, 6.45) is 1.31. The Bertz CT molecular complexity index is 281. The Morgan fingerprint density at radius 3 is 2.50 bits per heavy atom. The fourth-order valence-corrected chi connectivity index (χ4v) is 2.42. The molecule has 1 aromatic carbocycles. The monoisotopic (exact) mass is 189 g/mol. The maximum Gasteiger partial charge on any atom is 0.0366 e. The van der Waals surface area contributed by atoms with Crippen molar-refractivity contribution in [3.63, 3.8) is 0 Å². The van der Waals surface area contributed by atoms with Gasteiger partial charge in [0.2, 0.25) is 0 Å². The van der Waals surface area contributed by atoms with Gasteiger partial charge in [-0.05, 0) is 24.0 Å². The van der Waals surface area contributed by atoms with Gasteiger partial charge in [-0.2, -0.15) is 0 Å². The number of benzene rings is 1. The Morgan fingerprint density at radius 1 is 1.21 bits per heavy atom. The molecular weight excluding hydrogens is 170 g/mol. The first-order valence-electron chi connectivity index (χ1n) is 5.61. The van der Waals surface area contributed by atoms with Gasteiger partial charge in [0.1, 0.15) is 0 Å². The second-order valence-electron chi connectivity index (χ2n) is 4.39. The van der Waals surface area contributed by atoms with E-state index < -0.39 is 0 Å². The van der Waals surface area contributed by atoms with Crippen LogP contribution in [-0.2, 0) is 0 Å². The molecule has 0 N–H and O–H groups in total. The van der Waals surface area contributed by atoms with Crippen molar-refractivity contribution in [1.29, 1.82) is 0 Å². The molecule has 0 aliphatic carbocycles. The molecule has 0 aromatic heterocycles. The maximum absolute atomic E-state index is 2.51. The average molecular weight is 189 g/mol. The Morgan fingerprint density at radius 2 is 1.93 bits per heavy atom. The van der Waals surface area contributed by atoms with Crippen LogP contribution < -0.4 is 4.90 Å². The zero-order valence-corrected chi connectivity index (χ0v) is 9.11. The summed E-state index contributed by atoms with van der Waals surface area (Å²) in [6.45, 7) is 7.14. The lowest BCUT2D eigenvalue weighted by Gasteiger charge is -2.18. The van der Waals surface area contributed by atoms with Gasteiger partial charge in [0, 0.05) is 18.8 Å². The largest absolute Gasteiger partial charge is 0.371 e. The fourth-order valence-electron chi connectivity index (χ4n) is 2.42. The van der Waals surface area contributed by atoms with E-state index in [4.69, 9.17) is 0 Å². The highest BCUT2D eigenvalue weighted by Gasteiger charge is 2.27. The minimum Gasteiger partial charge on any atom is -0.371 e. The van der Waals surface area contributed by atoms with E-state index in [0.717, 1.165) is 11.8 Å². The van der Waals surface area contributed by atoms with Crippen molar-refractivity contribution in [3.8, 4) is 0 Å². The standard InChI is InChI=1S/C13H19N/c1-3-12-10-14(9-11(12)2)13-7-5-4-6-8-13/h4-8,11-12H,3,9-10H2,1-2H3. The highest BCUT2D eigenvalue weighted by Crippen LogP contribution is 2.29. The highest BCUT2D eigenvalue weighted by molar-refractivity contribution is 5.47. The van der Waals surface area contributed by atoms with E-state index in [1.165, 1.54) is 25.2 Å². The molecule has 1 aliphatic heterocycles. The first kappa shape index (κ1) is 9.57. The van der Waals surface area contributed by atoms with Crippen LogP contribution in [0.4, 0.5) is 5.69 Å². The van der Waals surface area contributed by atoms with Crippen LogP contribution >= 0.6 is 0 Å². The van der Waals surface area contributed by atoms with E-state index in [2.05, 4.69) is 49.1 Å². The molecule has 0 radical (unpaired) electrons. The van der Waals surface area contributed by atoms with Crippen LogP contribution in [0.3, 0.4) is 0 Å². The quantitative estimate of drug-likeness (QED) is 0.690. The molecule has 0 bridgehead atoms. The Hall–Kier alpha value is -0.980. The molecule has 1 heterocycles. The SMILES string of the molecule is CCC1CN(c2ccccc2)CC1C. The number of anilines is 1. The van der Waals surface area contributed by atoms with Gasteiger partial charge in [-0.1, -0.05) is 38.5 Å². The van der Waals surface area contributed by atoms with E-state index in [1.54, 1.807) is 0 Å². The van der Waals surface area contributed by atoms with Gasteiger partial charge in [0.05, 0.1) is 0 Å². The molecule has 1 heteroatoms.